The Morgan fingerprint density at radius 3 is 2.89 bits per heavy atom. The highest BCUT2D eigenvalue weighted by atomic mass is 32.1. The van der Waals surface area contributed by atoms with Crippen molar-refractivity contribution in [2.24, 2.45) is 0 Å². The van der Waals surface area contributed by atoms with Gasteiger partial charge in [0.15, 0.2) is 0 Å². The number of thiazole rings is 1. The van der Waals surface area contributed by atoms with Gasteiger partial charge in [0.05, 0.1) is 0 Å². The molecule has 1 aliphatic rings. The third-order valence-electron chi connectivity index (χ3n) is 3.78. The summed E-state index contributed by atoms with van der Waals surface area (Å²) in [6, 6.07) is 8.88. The van der Waals surface area contributed by atoms with Gasteiger partial charge in [0, 0.05) is 17.0 Å². The van der Waals surface area contributed by atoms with Crippen molar-refractivity contribution in [3.8, 4) is 0 Å². The number of benzene rings is 1. The minimum atomic E-state index is 0.535. The van der Waals surface area contributed by atoms with E-state index in [-0.39, 0.29) is 0 Å². The van der Waals surface area contributed by atoms with Crippen LogP contribution in [0.4, 0.5) is 0 Å². The van der Waals surface area contributed by atoms with E-state index in [0.717, 1.165) is 0 Å². The van der Waals surface area contributed by atoms with Gasteiger partial charge in [-0.2, -0.15) is 0 Å². The molecule has 3 rings (SSSR count). The van der Waals surface area contributed by atoms with E-state index in [9.17, 15) is 0 Å². The molecule has 1 aromatic carbocycles. The first kappa shape index (κ1) is 11.9. The van der Waals surface area contributed by atoms with E-state index < -0.39 is 0 Å². The van der Waals surface area contributed by atoms with Gasteiger partial charge in [-0.05, 0) is 36.3 Å². The van der Waals surface area contributed by atoms with E-state index >= 15 is 0 Å². The maximum Gasteiger partial charge on any atom is 0.100 e. The Morgan fingerprint density at radius 1 is 1.28 bits per heavy atom. The fourth-order valence-electron chi connectivity index (χ4n) is 2.74. The first-order valence-corrected chi connectivity index (χ1v) is 7.61. The molecule has 1 nitrogen and oxygen atoms in total. The Balaban J connectivity index is 1.97. The van der Waals surface area contributed by atoms with E-state index in [1.807, 2.05) is 11.3 Å². The van der Waals surface area contributed by atoms with Crippen LogP contribution < -0.4 is 0 Å². The van der Waals surface area contributed by atoms with Crippen molar-refractivity contribution in [3.63, 3.8) is 0 Å². The van der Waals surface area contributed by atoms with Crippen molar-refractivity contribution >= 4 is 11.3 Å². The highest BCUT2D eigenvalue weighted by Gasteiger charge is 2.24. The second-order valence-electron chi connectivity index (χ2n) is 5.40. The van der Waals surface area contributed by atoms with Crippen molar-refractivity contribution in [2.45, 2.75) is 44.9 Å². The van der Waals surface area contributed by atoms with Crippen LogP contribution in [0.25, 0.3) is 0 Å². The summed E-state index contributed by atoms with van der Waals surface area (Å²) in [4.78, 5) is 6.09. The lowest BCUT2D eigenvalue weighted by Gasteiger charge is -2.23. The lowest BCUT2D eigenvalue weighted by Crippen LogP contribution is -2.10. The quantitative estimate of drug-likeness (QED) is 0.757. The molecule has 0 saturated carbocycles. The zero-order valence-corrected chi connectivity index (χ0v) is 11.8. The molecule has 1 aromatic heterocycles. The van der Waals surface area contributed by atoms with Gasteiger partial charge in [-0.15, -0.1) is 11.3 Å². The van der Waals surface area contributed by atoms with Crippen LogP contribution in [0.1, 0.15) is 59.5 Å². The second-order valence-corrected chi connectivity index (χ2v) is 6.49. The monoisotopic (exact) mass is 257 g/mol. The largest absolute Gasteiger partial charge is 0.249 e. The summed E-state index contributed by atoms with van der Waals surface area (Å²) >= 11 is 1.90. The fraction of sp³-hybridized carbons (Fsp3) is 0.438. The fourth-order valence-corrected chi connectivity index (χ4v) is 3.81. The molecule has 0 bridgehead atoms. The van der Waals surface area contributed by atoms with Gasteiger partial charge in [0.1, 0.15) is 5.01 Å². The number of nitrogens with zero attached hydrogens (tertiary/aromatic N) is 1. The molecule has 0 aliphatic heterocycles. The third-order valence-corrected chi connectivity index (χ3v) is 5.19. The molecule has 18 heavy (non-hydrogen) atoms. The molecule has 0 radical (unpaired) electrons. The van der Waals surface area contributed by atoms with Crippen LogP contribution in [0, 0.1) is 0 Å². The minimum absolute atomic E-state index is 0.535. The summed E-state index contributed by atoms with van der Waals surface area (Å²) in [6.45, 7) is 4.48. The van der Waals surface area contributed by atoms with Crippen molar-refractivity contribution in [1.29, 1.82) is 0 Å². The summed E-state index contributed by atoms with van der Waals surface area (Å²) in [5, 5.41) is 1.31. The first-order valence-electron chi connectivity index (χ1n) is 6.79. The summed E-state index contributed by atoms with van der Waals surface area (Å²) < 4.78 is 0. The van der Waals surface area contributed by atoms with Crippen LogP contribution in [0.15, 0.2) is 30.5 Å². The Kier molecular flexibility index (Phi) is 3.21. The van der Waals surface area contributed by atoms with Gasteiger partial charge in [-0.3, -0.25) is 0 Å². The van der Waals surface area contributed by atoms with Gasteiger partial charge >= 0.3 is 0 Å². The van der Waals surface area contributed by atoms with Crippen molar-refractivity contribution in [2.75, 3.05) is 0 Å². The number of aryl methyl sites for hydroxylation is 1. The van der Waals surface area contributed by atoms with E-state index in [1.54, 1.807) is 0 Å². The summed E-state index contributed by atoms with van der Waals surface area (Å²) in [6.07, 6.45) is 5.84. The van der Waals surface area contributed by atoms with Crippen LogP contribution in [0.5, 0.6) is 0 Å². The number of hydrogen-bond donors (Lipinski definition) is 0. The molecule has 1 heterocycles. The predicted octanol–water partition coefficient (Wildman–Crippen LogP) is 4.73. The molecule has 0 fully saturated rings. The highest BCUT2D eigenvalue weighted by Crippen LogP contribution is 2.39. The lowest BCUT2D eigenvalue weighted by atomic mass is 9.83. The molecule has 2 aromatic rings. The van der Waals surface area contributed by atoms with E-state index in [4.69, 9.17) is 0 Å². The van der Waals surface area contributed by atoms with E-state index in [1.165, 1.54) is 40.3 Å². The number of hydrogen-bond acceptors (Lipinski definition) is 2. The Labute approximate surface area is 113 Å². The molecule has 0 amide bonds. The molecule has 0 N–H and O–H groups in total. The molecule has 1 atom stereocenters. The molecule has 1 aliphatic carbocycles. The summed E-state index contributed by atoms with van der Waals surface area (Å²) in [5.74, 6) is 1.13. The van der Waals surface area contributed by atoms with Gasteiger partial charge in [0.2, 0.25) is 0 Å². The molecule has 0 spiro atoms. The predicted molar refractivity (Wildman–Crippen MR) is 77.4 cm³/mol. The number of aromatic nitrogens is 1. The summed E-state index contributed by atoms with van der Waals surface area (Å²) in [7, 11) is 0. The van der Waals surface area contributed by atoms with Crippen LogP contribution >= 0.6 is 11.3 Å². The third kappa shape index (κ3) is 2.10. The molecular formula is C16H19NS. The SMILES string of the molecule is CC(C)c1cnc(C2CCCc3ccccc32)s1. The topological polar surface area (TPSA) is 12.9 Å². The van der Waals surface area contributed by atoms with Crippen LogP contribution in [0.2, 0.25) is 0 Å². The zero-order valence-electron chi connectivity index (χ0n) is 11.0. The molecule has 2 heteroatoms. The van der Waals surface area contributed by atoms with Crippen LogP contribution in [-0.4, -0.2) is 4.98 Å². The first-order chi connectivity index (χ1) is 8.75. The van der Waals surface area contributed by atoms with Gasteiger partial charge in [-0.25, -0.2) is 4.98 Å². The zero-order chi connectivity index (χ0) is 12.5. The Morgan fingerprint density at radius 2 is 2.11 bits per heavy atom. The van der Waals surface area contributed by atoms with Gasteiger partial charge in [0.25, 0.3) is 0 Å². The van der Waals surface area contributed by atoms with E-state index in [0.29, 0.717) is 11.8 Å². The number of fused-ring (bicyclic) bond motifs is 1. The van der Waals surface area contributed by atoms with Gasteiger partial charge in [-0.1, -0.05) is 38.1 Å². The van der Waals surface area contributed by atoms with Crippen molar-refractivity contribution in [1.82, 2.24) is 4.98 Å². The molecule has 94 valence electrons. The van der Waals surface area contributed by atoms with E-state index in [2.05, 4.69) is 49.3 Å². The number of rotatable bonds is 2. The van der Waals surface area contributed by atoms with Crippen molar-refractivity contribution < 1.29 is 0 Å². The maximum absolute atomic E-state index is 4.68. The lowest BCUT2D eigenvalue weighted by molar-refractivity contribution is 0.613. The standard InChI is InChI=1S/C16H19NS/c1-11(2)15-10-17-16(18-15)14-9-5-7-12-6-3-4-8-13(12)14/h3-4,6,8,10-11,14H,5,7,9H2,1-2H3. The minimum Gasteiger partial charge on any atom is -0.249 e. The highest BCUT2D eigenvalue weighted by molar-refractivity contribution is 7.11. The molecule has 1 unspecified atom stereocenters. The Hall–Kier alpha value is -1.15. The van der Waals surface area contributed by atoms with Crippen LogP contribution in [0.3, 0.4) is 0 Å². The van der Waals surface area contributed by atoms with Crippen LogP contribution in [-0.2, 0) is 6.42 Å². The maximum atomic E-state index is 4.68. The van der Waals surface area contributed by atoms with Crippen molar-refractivity contribution in [3.05, 3.63) is 51.5 Å². The molecular weight excluding hydrogens is 238 g/mol. The average Bonchev–Trinajstić information content (AvgIpc) is 2.87. The smallest absolute Gasteiger partial charge is 0.100 e. The Bertz CT molecular complexity index is 542. The van der Waals surface area contributed by atoms with Gasteiger partial charge < -0.3 is 0 Å². The average molecular weight is 257 g/mol. The summed E-state index contributed by atoms with van der Waals surface area (Å²) in [5.41, 5.74) is 3.03. The molecule has 0 saturated heterocycles. The second kappa shape index (κ2) is 4.85. The normalized spacial score (nSPS) is 18.9.